The molecule has 2 aromatic rings. The van der Waals surface area contributed by atoms with Gasteiger partial charge in [-0.05, 0) is 35.7 Å². The number of hydrogen-bond donors (Lipinski definition) is 1. The zero-order valence-corrected chi connectivity index (χ0v) is 15.0. The zero-order chi connectivity index (χ0) is 17.9. The highest BCUT2D eigenvalue weighted by Gasteiger charge is 2.16. The minimum Gasteiger partial charge on any atom is -0.310 e. The van der Waals surface area contributed by atoms with Crippen LogP contribution in [0.15, 0.2) is 41.7 Å². The van der Waals surface area contributed by atoms with E-state index in [4.69, 9.17) is 0 Å². The van der Waals surface area contributed by atoms with Crippen molar-refractivity contribution in [1.82, 2.24) is 14.8 Å². The number of carbonyl (C=O) groups is 1. The molecule has 26 heavy (non-hydrogen) atoms. The summed E-state index contributed by atoms with van der Waals surface area (Å²) in [6.45, 7) is 4.27. The predicted octanol–water partition coefficient (Wildman–Crippen LogP) is 2.24. The number of nitrogens with zero attached hydrogens (tertiary/aromatic N) is 4. The van der Waals surface area contributed by atoms with Crippen LogP contribution in [0.2, 0.25) is 0 Å². The molecule has 0 bridgehead atoms. The van der Waals surface area contributed by atoms with E-state index in [0.717, 1.165) is 48.9 Å². The number of likely N-dealkylation sites (N-methyl/N-ethyl adjacent to an activating group) is 1. The molecular weight excluding hydrogens is 326 g/mol. The maximum Gasteiger partial charge on any atom is 0.239 e. The van der Waals surface area contributed by atoms with Crippen LogP contribution in [0.1, 0.15) is 12.0 Å². The molecule has 0 atom stereocenters. The summed E-state index contributed by atoms with van der Waals surface area (Å²) in [5.74, 6) is 0.592. The molecule has 0 spiro atoms. The van der Waals surface area contributed by atoms with Crippen molar-refractivity contribution in [3.05, 3.63) is 42.2 Å². The van der Waals surface area contributed by atoms with E-state index in [1.807, 2.05) is 24.7 Å². The number of allylic oxidation sites excluding steroid dienone is 1. The number of rotatable bonds is 4. The van der Waals surface area contributed by atoms with E-state index >= 15 is 0 Å². The van der Waals surface area contributed by atoms with Gasteiger partial charge >= 0.3 is 0 Å². The van der Waals surface area contributed by atoms with Crippen LogP contribution in [-0.4, -0.2) is 66.7 Å². The number of amides is 1. The van der Waals surface area contributed by atoms with Gasteiger partial charge in [0.1, 0.15) is 5.82 Å². The number of pyridine rings is 1. The molecule has 1 N–H and O–H groups in total. The number of piperazine rings is 1. The Bertz CT molecular complexity index is 881. The molecule has 0 aliphatic carbocycles. The Hall–Kier alpha value is -2.57. The lowest BCUT2D eigenvalue weighted by molar-refractivity contribution is -0.117. The van der Waals surface area contributed by atoms with Crippen LogP contribution in [0.4, 0.5) is 5.82 Å². The van der Waals surface area contributed by atoms with Gasteiger partial charge in [-0.1, -0.05) is 12.1 Å². The highest BCUT2D eigenvalue weighted by atomic mass is 16.2. The second-order valence-corrected chi connectivity index (χ2v) is 6.95. The van der Waals surface area contributed by atoms with Crippen LogP contribution >= 0.6 is 0 Å². The molecule has 2 aliphatic heterocycles. The first-order chi connectivity index (χ1) is 12.7. The summed E-state index contributed by atoms with van der Waals surface area (Å²) in [4.78, 5) is 25.4. The van der Waals surface area contributed by atoms with Crippen molar-refractivity contribution < 1.29 is 4.79 Å². The molecule has 0 unspecified atom stereocenters. The third-order valence-electron chi connectivity index (χ3n) is 4.97. The number of carbonyl (C=O) groups excluding carboxylic acids is 1. The summed E-state index contributed by atoms with van der Waals surface area (Å²) in [6, 6.07) is 8.23. The number of aromatic nitrogens is 1. The van der Waals surface area contributed by atoms with Crippen molar-refractivity contribution in [2.45, 2.75) is 6.42 Å². The molecule has 6 nitrogen and oxygen atoms in total. The fourth-order valence-corrected chi connectivity index (χ4v) is 3.34. The Labute approximate surface area is 153 Å². The Kier molecular flexibility index (Phi) is 4.77. The Morgan fingerprint density at radius 3 is 2.77 bits per heavy atom. The van der Waals surface area contributed by atoms with Gasteiger partial charge in [0.25, 0.3) is 0 Å². The molecule has 0 saturated carbocycles. The van der Waals surface area contributed by atoms with Gasteiger partial charge < -0.3 is 10.2 Å². The molecule has 2 aliphatic rings. The number of anilines is 1. The van der Waals surface area contributed by atoms with Gasteiger partial charge in [-0.15, -0.1) is 0 Å². The number of hydrogen-bond acceptors (Lipinski definition) is 5. The number of benzene rings is 1. The number of aliphatic imine (C=N–C) groups is 1. The molecule has 3 heterocycles. The van der Waals surface area contributed by atoms with E-state index in [9.17, 15) is 4.79 Å². The summed E-state index contributed by atoms with van der Waals surface area (Å²) < 4.78 is 0. The van der Waals surface area contributed by atoms with E-state index in [-0.39, 0.29) is 5.91 Å². The average Bonchev–Trinajstić information content (AvgIpc) is 3.18. The first-order valence-corrected chi connectivity index (χ1v) is 8.99. The molecule has 1 fully saturated rings. The lowest BCUT2D eigenvalue weighted by atomic mass is 10.0. The lowest BCUT2D eigenvalue weighted by Crippen LogP contribution is -2.47. The van der Waals surface area contributed by atoms with Crippen LogP contribution in [-0.2, 0) is 4.79 Å². The van der Waals surface area contributed by atoms with Gasteiger partial charge in [-0.3, -0.25) is 14.7 Å². The van der Waals surface area contributed by atoms with Crippen LogP contribution in [0.3, 0.4) is 0 Å². The van der Waals surface area contributed by atoms with Crippen LogP contribution in [0.25, 0.3) is 16.3 Å². The minimum absolute atomic E-state index is 0.00976. The van der Waals surface area contributed by atoms with Gasteiger partial charge in [-0.2, -0.15) is 0 Å². The molecule has 1 amide bonds. The topological polar surface area (TPSA) is 60.8 Å². The molecule has 1 aromatic carbocycles. The fourth-order valence-electron chi connectivity index (χ4n) is 3.34. The van der Waals surface area contributed by atoms with E-state index < -0.39 is 0 Å². The number of nitrogens with one attached hydrogen (secondary N) is 1. The van der Waals surface area contributed by atoms with Crippen LogP contribution in [0.5, 0.6) is 0 Å². The average molecular weight is 349 g/mol. The van der Waals surface area contributed by atoms with Gasteiger partial charge in [0, 0.05) is 56.6 Å². The van der Waals surface area contributed by atoms with Gasteiger partial charge in [0.05, 0.1) is 6.54 Å². The normalized spacial score (nSPS) is 18.3. The van der Waals surface area contributed by atoms with Crippen molar-refractivity contribution in [2.75, 3.05) is 45.1 Å². The van der Waals surface area contributed by atoms with Crippen molar-refractivity contribution in [3.8, 4) is 0 Å². The summed E-state index contributed by atoms with van der Waals surface area (Å²) in [5, 5.41) is 5.07. The van der Waals surface area contributed by atoms with Crippen molar-refractivity contribution in [2.24, 2.45) is 4.99 Å². The smallest absolute Gasteiger partial charge is 0.239 e. The van der Waals surface area contributed by atoms with Gasteiger partial charge in [0.15, 0.2) is 0 Å². The Balaban J connectivity index is 1.45. The Morgan fingerprint density at radius 2 is 2.00 bits per heavy atom. The molecule has 134 valence electrons. The summed E-state index contributed by atoms with van der Waals surface area (Å²) >= 11 is 0. The number of fused-ring (bicyclic) bond motifs is 1. The highest BCUT2D eigenvalue weighted by Crippen LogP contribution is 2.25. The monoisotopic (exact) mass is 349 g/mol. The van der Waals surface area contributed by atoms with Crippen molar-refractivity contribution in [3.63, 3.8) is 0 Å². The van der Waals surface area contributed by atoms with Crippen LogP contribution in [0, 0.1) is 0 Å². The van der Waals surface area contributed by atoms with E-state index in [0.29, 0.717) is 12.4 Å². The summed E-state index contributed by atoms with van der Waals surface area (Å²) in [6.07, 6.45) is 6.49. The van der Waals surface area contributed by atoms with E-state index in [1.165, 1.54) is 5.57 Å². The second-order valence-electron chi connectivity index (χ2n) is 6.95. The van der Waals surface area contributed by atoms with Gasteiger partial charge in [0.2, 0.25) is 5.91 Å². The van der Waals surface area contributed by atoms with Crippen LogP contribution < -0.4 is 5.32 Å². The minimum atomic E-state index is -0.00976. The Morgan fingerprint density at radius 1 is 1.15 bits per heavy atom. The maximum absolute atomic E-state index is 12.3. The first kappa shape index (κ1) is 16.9. The summed E-state index contributed by atoms with van der Waals surface area (Å²) in [7, 11) is 2.11. The molecule has 0 radical (unpaired) electrons. The van der Waals surface area contributed by atoms with Crippen molar-refractivity contribution in [1.29, 1.82) is 0 Å². The molecule has 1 saturated heterocycles. The van der Waals surface area contributed by atoms with Gasteiger partial charge in [-0.25, -0.2) is 4.98 Å². The fraction of sp³-hybridized carbons (Fsp3) is 0.350. The third kappa shape index (κ3) is 3.81. The quantitative estimate of drug-likeness (QED) is 0.920. The SMILES string of the molecule is CN1CCN(CC(=O)Nc2cc3cc(C4=CN=CC4)ccc3cn2)CC1. The predicted molar refractivity (Wildman–Crippen MR) is 105 cm³/mol. The molecule has 4 rings (SSSR count). The van der Waals surface area contributed by atoms with Crippen molar-refractivity contribution >= 4 is 34.3 Å². The van der Waals surface area contributed by atoms with E-state index in [1.54, 1.807) is 0 Å². The lowest BCUT2D eigenvalue weighted by Gasteiger charge is -2.31. The molecule has 6 heteroatoms. The largest absolute Gasteiger partial charge is 0.310 e. The summed E-state index contributed by atoms with van der Waals surface area (Å²) in [5.41, 5.74) is 2.38. The molecule has 1 aromatic heterocycles. The maximum atomic E-state index is 12.3. The highest BCUT2D eigenvalue weighted by molar-refractivity contribution is 5.95. The standard InChI is InChI=1S/C20H23N5O/c1-24-6-8-25(9-7-24)14-20(26)23-19-11-18-10-15(17-4-5-21-12-17)2-3-16(18)13-22-19/h2-3,5,10-13H,4,6-9,14H2,1H3,(H,22,23,26). The zero-order valence-electron chi connectivity index (χ0n) is 15.0. The third-order valence-corrected chi connectivity index (χ3v) is 4.97. The molecular formula is C20H23N5O. The first-order valence-electron chi connectivity index (χ1n) is 8.99. The second kappa shape index (κ2) is 7.35. The van der Waals surface area contributed by atoms with E-state index in [2.05, 4.69) is 50.3 Å².